The molecule has 0 aromatic heterocycles. The van der Waals surface area contributed by atoms with E-state index in [1.807, 2.05) is 38.1 Å². The number of benzene rings is 3. The van der Waals surface area contributed by atoms with Crippen LogP contribution in [0.3, 0.4) is 0 Å². The fraction of sp³-hybridized carbons (Fsp3) is 0.125. The lowest BCUT2D eigenvalue weighted by molar-refractivity contribution is 0.0984. The van der Waals surface area contributed by atoms with Crippen molar-refractivity contribution in [3.8, 4) is 0 Å². The van der Waals surface area contributed by atoms with Gasteiger partial charge in [0.2, 0.25) is 0 Å². The minimum atomic E-state index is -0.326. The van der Waals surface area contributed by atoms with Crippen LogP contribution in [0.4, 0.5) is 11.4 Å². The van der Waals surface area contributed by atoms with Crippen molar-refractivity contribution in [2.24, 2.45) is 0 Å². The Bertz CT molecular complexity index is 1120. The number of rotatable bonds is 5. The van der Waals surface area contributed by atoms with E-state index in [0.29, 0.717) is 38.8 Å². The van der Waals surface area contributed by atoms with Crippen LogP contribution in [-0.4, -0.2) is 25.1 Å². The van der Waals surface area contributed by atoms with Crippen LogP contribution in [-0.2, 0) is 0 Å². The minimum Gasteiger partial charge on any atom is -0.322 e. The van der Waals surface area contributed by atoms with Gasteiger partial charge < -0.3 is 10.2 Å². The van der Waals surface area contributed by atoms with Gasteiger partial charge >= 0.3 is 0 Å². The van der Waals surface area contributed by atoms with Gasteiger partial charge in [-0.25, -0.2) is 0 Å². The largest absolute Gasteiger partial charge is 0.322 e. The van der Waals surface area contributed by atoms with Crippen molar-refractivity contribution >= 4 is 45.4 Å². The van der Waals surface area contributed by atoms with Gasteiger partial charge in [-0.2, -0.15) is 0 Å². The lowest BCUT2D eigenvalue weighted by Crippen LogP contribution is -2.27. The number of hydrogen-bond acceptors (Lipinski definition) is 3. The van der Waals surface area contributed by atoms with Crippen LogP contribution in [0.2, 0.25) is 0 Å². The molecule has 0 atom stereocenters. The highest BCUT2D eigenvalue weighted by Gasteiger charge is 2.19. The summed E-state index contributed by atoms with van der Waals surface area (Å²) in [5.41, 5.74) is 4.24. The summed E-state index contributed by atoms with van der Waals surface area (Å²) in [5.74, 6) is -0.620. The minimum absolute atomic E-state index is 0.294. The summed E-state index contributed by atoms with van der Waals surface area (Å²) in [6, 6.07) is 17.7. The quantitative estimate of drug-likeness (QED) is 0.513. The maximum Gasteiger partial charge on any atom is 0.258 e. The molecule has 3 aromatic rings. The van der Waals surface area contributed by atoms with Gasteiger partial charge in [-0.05, 0) is 66.2 Å². The topological polar surface area (TPSA) is 66.5 Å². The monoisotopic (exact) mass is 464 g/mol. The van der Waals surface area contributed by atoms with Crippen molar-refractivity contribution in [3.05, 3.63) is 93.0 Å². The third-order valence-corrected chi connectivity index (χ3v) is 5.45. The van der Waals surface area contributed by atoms with Crippen LogP contribution in [0.1, 0.15) is 42.2 Å². The summed E-state index contributed by atoms with van der Waals surface area (Å²) in [7, 11) is 1.62. The first-order valence-corrected chi connectivity index (χ1v) is 10.1. The fourth-order valence-electron chi connectivity index (χ4n) is 2.99. The Morgan fingerprint density at radius 3 is 2.23 bits per heavy atom. The van der Waals surface area contributed by atoms with Gasteiger partial charge in [0.15, 0.2) is 6.29 Å². The number of hydrogen-bond donors (Lipinski definition) is 1. The van der Waals surface area contributed by atoms with Gasteiger partial charge in [0.25, 0.3) is 11.8 Å². The van der Waals surface area contributed by atoms with Crippen LogP contribution >= 0.6 is 15.9 Å². The van der Waals surface area contributed by atoms with Crippen molar-refractivity contribution in [3.63, 3.8) is 0 Å². The number of carbonyl (C=O) groups excluding carboxylic acids is 3. The summed E-state index contributed by atoms with van der Waals surface area (Å²) >= 11 is 3.41. The molecule has 0 aliphatic carbocycles. The molecule has 3 aromatic carbocycles. The number of carbonyl (C=O) groups is 3. The lowest BCUT2D eigenvalue weighted by Gasteiger charge is -2.20. The Hall–Kier alpha value is -3.25. The SMILES string of the molecule is Cc1ccc(NC(=O)c2cc(N(C)C(=O)c3cc(C)ccc3C=O)ccc2Br)cc1. The Labute approximate surface area is 183 Å². The Balaban J connectivity index is 1.89. The number of aldehydes is 1. The van der Waals surface area contributed by atoms with Crippen molar-refractivity contribution in [1.82, 2.24) is 0 Å². The van der Waals surface area contributed by atoms with Crippen LogP contribution < -0.4 is 10.2 Å². The molecule has 0 aliphatic rings. The van der Waals surface area contributed by atoms with Crippen molar-refractivity contribution in [2.75, 3.05) is 17.3 Å². The summed E-state index contributed by atoms with van der Waals surface area (Å²) in [6.45, 7) is 3.83. The Morgan fingerprint density at radius 2 is 1.57 bits per heavy atom. The van der Waals surface area contributed by atoms with E-state index in [-0.39, 0.29) is 11.8 Å². The van der Waals surface area contributed by atoms with Gasteiger partial charge in [-0.1, -0.05) is 35.4 Å². The maximum absolute atomic E-state index is 13.0. The predicted molar refractivity (Wildman–Crippen MR) is 123 cm³/mol. The molecular formula is C24H21BrN2O3. The highest BCUT2D eigenvalue weighted by Crippen LogP contribution is 2.26. The van der Waals surface area contributed by atoms with E-state index in [0.717, 1.165) is 11.1 Å². The normalized spacial score (nSPS) is 10.4. The van der Waals surface area contributed by atoms with Crippen LogP contribution in [0, 0.1) is 13.8 Å². The van der Waals surface area contributed by atoms with E-state index >= 15 is 0 Å². The molecule has 0 saturated heterocycles. The molecular weight excluding hydrogens is 444 g/mol. The Morgan fingerprint density at radius 1 is 0.900 bits per heavy atom. The zero-order valence-corrected chi connectivity index (χ0v) is 18.5. The molecule has 0 spiro atoms. The summed E-state index contributed by atoms with van der Waals surface area (Å²) in [5, 5.41) is 2.86. The van der Waals surface area contributed by atoms with Gasteiger partial charge in [0.05, 0.1) is 11.1 Å². The molecule has 1 N–H and O–H groups in total. The number of aryl methyl sites for hydroxylation is 2. The number of nitrogens with one attached hydrogen (secondary N) is 1. The molecule has 30 heavy (non-hydrogen) atoms. The van der Waals surface area contributed by atoms with E-state index < -0.39 is 0 Å². The molecule has 0 fully saturated rings. The van der Waals surface area contributed by atoms with Gasteiger partial charge in [0, 0.05) is 28.5 Å². The first-order chi connectivity index (χ1) is 14.3. The molecule has 0 saturated carbocycles. The molecule has 152 valence electrons. The van der Waals surface area contributed by atoms with E-state index in [4.69, 9.17) is 0 Å². The summed E-state index contributed by atoms with van der Waals surface area (Å²) in [6.07, 6.45) is 0.669. The third-order valence-electron chi connectivity index (χ3n) is 4.76. The standard InChI is InChI=1S/C24H21BrN2O3/c1-15-5-8-18(9-6-15)26-23(29)21-13-19(10-11-22(21)25)27(3)24(30)20-12-16(2)4-7-17(20)14-28/h4-14H,1-3H3,(H,26,29). The zero-order chi connectivity index (χ0) is 21.8. The Kier molecular flexibility index (Phi) is 6.47. The second kappa shape index (κ2) is 9.05. The average molecular weight is 465 g/mol. The second-order valence-electron chi connectivity index (χ2n) is 7.06. The lowest BCUT2D eigenvalue weighted by atomic mass is 10.0. The summed E-state index contributed by atoms with van der Waals surface area (Å²) < 4.78 is 0.612. The number of nitrogens with zero attached hydrogens (tertiary/aromatic N) is 1. The van der Waals surface area contributed by atoms with Crippen molar-refractivity contribution < 1.29 is 14.4 Å². The third kappa shape index (κ3) is 4.66. The number of amides is 2. The van der Waals surface area contributed by atoms with Crippen molar-refractivity contribution in [2.45, 2.75) is 13.8 Å². The fourth-order valence-corrected chi connectivity index (χ4v) is 3.41. The molecule has 0 unspecified atom stereocenters. The first kappa shape index (κ1) is 21.5. The predicted octanol–water partition coefficient (Wildman–Crippen LogP) is 5.41. The highest BCUT2D eigenvalue weighted by molar-refractivity contribution is 9.10. The van der Waals surface area contributed by atoms with E-state index in [1.165, 1.54) is 4.90 Å². The van der Waals surface area contributed by atoms with E-state index in [2.05, 4.69) is 21.2 Å². The first-order valence-electron chi connectivity index (χ1n) is 9.31. The average Bonchev–Trinajstić information content (AvgIpc) is 2.74. The molecule has 0 heterocycles. The summed E-state index contributed by atoms with van der Waals surface area (Å²) in [4.78, 5) is 38.6. The van der Waals surface area contributed by atoms with Crippen LogP contribution in [0.25, 0.3) is 0 Å². The zero-order valence-electron chi connectivity index (χ0n) is 16.9. The van der Waals surface area contributed by atoms with E-state index in [1.54, 1.807) is 43.4 Å². The smallest absolute Gasteiger partial charge is 0.258 e. The van der Waals surface area contributed by atoms with Gasteiger partial charge in [0.1, 0.15) is 0 Å². The molecule has 5 nitrogen and oxygen atoms in total. The molecule has 0 radical (unpaired) electrons. The molecule has 6 heteroatoms. The molecule has 0 bridgehead atoms. The highest BCUT2D eigenvalue weighted by atomic mass is 79.9. The maximum atomic E-state index is 13.0. The number of anilines is 2. The number of halogens is 1. The molecule has 0 aliphatic heterocycles. The van der Waals surface area contributed by atoms with Crippen LogP contribution in [0.5, 0.6) is 0 Å². The van der Waals surface area contributed by atoms with Gasteiger partial charge in [-0.15, -0.1) is 0 Å². The van der Waals surface area contributed by atoms with Gasteiger partial charge in [-0.3, -0.25) is 14.4 Å². The molecule has 3 rings (SSSR count). The van der Waals surface area contributed by atoms with Crippen molar-refractivity contribution in [1.29, 1.82) is 0 Å². The second-order valence-corrected chi connectivity index (χ2v) is 7.91. The van der Waals surface area contributed by atoms with Crippen LogP contribution in [0.15, 0.2) is 65.1 Å². The molecule has 2 amide bonds. The van der Waals surface area contributed by atoms with E-state index in [9.17, 15) is 14.4 Å².